The zero-order chi connectivity index (χ0) is 16.4. The first-order valence-electron chi connectivity index (χ1n) is 7.73. The van der Waals surface area contributed by atoms with E-state index in [2.05, 4.69) is 10.4 Å². The van der Waals surface area contributed by atoms with E-state index in [9.17, 15) is 9.18 Å². The van der Waals surface area contributed by atoms with Crippen LogP contribution in [-0.4, -0.2) is 28.4 Å². The van der Waals surface area contributed by atoms with Gasteiger partial charge in [-0.05, 0) is 37.5 Å². The fraction of sp³-hybridized carbons (Fsp3) is 0.412. The Morgan fingerprint density at radius 1 is 1.43 bits per heavy atom. The van der Waals surface area contributed by atoms with Crippen LogP contribution in [0.2, 0.25) is 0 Å². The smallest absolute Gasteiger partial charge is 0.255 e. The number of hydrogen-bond acceptors (Lipinski definition) is 3. The van der Waals surface area contributed by atoms with Crippen LogP contribution in [0.1, 0.15) is 40.5 Å². The van der Waals surface area contributed by atoms with E-state index in [0.29, 0.717) is 12.2 Å². The van der Waals surface area contributed by atoms with Crippen molar-refractivity contribution in [2.24, 2.45) is 7.05 Å². The Labute approximate surface area is 134 Å². The Bertz CT molecular complexity index is 690. The Morgan fingerprint density at radius 2 is 2.17 bits per heavy atom. The molecule has 1 aromatic carbocycles. The van der Waals surface area contributed by atoms with Crippen molar-refractivity contribution in [3.05, 3.63) is 53.1 Å². The van der Waals surface area contributed by atoms with E-state index in [4.69, 9.17) is 4.74 Å². The Kier molecular flexibility index (Phi) is 4.43. The summed E-state index contributed by atoms with van der Waals surface area (Å²) in [6.07, 6.45) is 3.29. The molecule has 5 nitrogen and oxygen atoms in total. The SMILES string of the molecule is Cc1c(C(=O)NC(c2ccc(F)cc2)C2CCCO2)cnn1C. The van der Waals surface area contributed by atoms with Crippen LogP contribution in [0.5, 0.6) is 0 Å². The van der Waals surface area contributed by atoms with Crippen molar-refractivity contribution in [2.45, 2.75) is 31.9 Å². The molecular weight excluding hydrogens is 297 g/mol. The third-order valence-electron chi connectivity index (χ3n) is 4.33. The average molecular weight is 317 g/mol. The number of aromatic nitrogens is 2. The Morgan fingerprint density at radius 3 is 2.74 bits per heavy atom. The summed E-state index contributed by atoms with van der Waals surface area (Å²) in [6, 6.07) is 5.89. The standard InChI is InChI=1S/C17H20FN3O2/c1-11-14(10-19-21(11)2)17(22)20-16(15-4-3-9-23-15)12-5-7-13(18)8-6-12/h5-8,10,15-16H,3-4,9H2,1-2H3,(H,20,22). The molecule has 2 aromatic rings. The minimum absolute atomic E-state index is 0.0959. The van der Waals surface area contributed by atoms with Crippen LogP contribution in [0.25, 0.3) is 0 Å². The fourth-order valence-electron chi connectivity index (χ4n) is 2.87. The van der Waals surface area contributed by atoms with Gasteiger partial charge in [-0.3, -0.25) is 9.48 Å². The van der Waals surface area contributed by atoms with Crippen molar-refractivity contribution in [3.63, 3.8) is 0 Å². The molecule has 1 N–H and O–H groups in total. The van der Waals surface area contributed by atoms with Crippen LogP contribution < -0.4 is 5.32 Å². The Balaban J connectivity index is 1.85. The molecule has 1 aliphatic heterocycles. The molecule has 0 bridgehead atoms. The van der Waals surface area contributed by atoms with E-state index in [-0.39, 0.29) is 23.9 Å². The maximum Gasteiger partial charge on any atom is 0.255 e. The monoisotopic (exact) mass is 317 g/mol. The summed E-state index contributed by atoms with van der Waals surface area (Å²) in [5, 5.41) is 7.13. The maximum atomic E-state index is 13.2. The number of hydrogen-bond donors (Lipinski definition) is 1. The van der Waals surface area contributed by atoms with Gasteiger partial charge >= 0.3 is 0 Å². The number of aryl methyl sites for hydroxylation is 1. The van der Waals surface area contributed by atoms with Crippen LogP contribution in [0, 0.1) is 12.7 Å². The lowest BCUT2D eigenvalue weighted by Crippen LogP contribution is -2.36. The van der Waals surface area contributed by atoms with E-state index >= 15 is 0 Å². The van der Waals surface area contributed by atoms with Crippen LogP contribution >= 0.6 is 0 Å². The minimum atomic E-state index is -0.301. The molecule has 0 spiro atoms. The molecule has 1 saturated heterocycles. The van der Waals surface area contributed by atoms with Gasteiger partial charge in [0.05, 0.1) is 23.9 Å². The lowest BCUT2D eigenvalue weighted by atomic mass is 9.98. The van der Waals surface area contributed by atoms with Crippen LogP contribution in [-0.2, 0) is 11.8 Å². The normalized spacial score (nSPS) is 18.8. The number of nitrogens with one attached hydrogen (secondary N) is 1. The van der Waals surface area contributed by atoms with Gasteiger partial charge in [-0.2, -0.15) is 5.10 Å². The van der Waals surface area contributed by atoms with Crippen LogP contribution in [0.3, 0.4) is 0 Å². The number of benzene rings is 1. The molecule has 2 unspecified atom stereocenters. The molecule has 3 rings (SSSR count). The number of amides is 1. The van der Waals surface area contributed by atoms with E-state index in [0.717, 1.165) is 24.1 Å². The molecule has 0 saturated carbocycles. The summed E-state index contributed by atoms with van der Waals surface area (Å²) < 4.78 is 20.6. The van der Waals surface area contributed by atoms with Crippen molar-refractivity contribution in [1.82, 2.24) is 15.1 Å². The topological polar surface area (TPSA) is 56.1 Å². The van der Waals surface area contributed by atoms with Gasteiger partial charge in [0.15, 0.2) is 0 Å². The molecule has 122 valence electrons. The van der Waals surface area contributed by atoms with Crippen LogP contribution in [0.15, 0.2) is 30.5 Å². The van der Waals surface area contributed by atoms with Crippen molar-refractivity contribution < 1.29 is 13.9 Å². The van der Waals surface area contributed by atoms with E-state index in [1.165, 1.54) is 12.1 Å². The third kappa shape index (κ3) is 3.27. The number of rotatable bonds is 4. The lowest BCUT2D eigenvalue weighted by molar-refractivity contribution is 0.0672. The number of carbonyl (C=O) groups is 1. The molecular formula is C17H20FN3O2. The van der Waals surface area contributed by atoms with E-state index in [1.54, 1.807) is 30.1 Å². The lowest BCUT2D eigenvalue weighted by Gasteiger charge is -2.24. The molecule has 0 radical (unpaired) electrons. The summed E-state index contributed by atoms with van der Waals surface area (Å²) in [5.41, 5.74) is 2.18. The molecule has 1 aromatic heterocycles. The quantitative estimate of drug-likeness (QED) is 0.943. The van der Waals surface area contributed by atoms with Crippen molar-refractivity contribution in [2.75, 3.05) is 6.61 Å². The molecule has 1 fully saturated rings. The van der Waals surface area contributed by atoms with Gasteiger partial charge in [0, 0.05) is 19.3 Å². The molecule has 0 aliphatic carbocycles. The van der Waals surface area contributed by atoms with E-state index < -0.39 is 0 Å². The molecule has 23 heavy (non-hydrogen) atoms. The molecule has 1 aliphatic rings. The van der Waals surface area contributed by atoms with Gasteiger partial charge in [0.25, 0.3) is 5.91 Å². The highest BCUT2D eigenvalue weighted by atomic mass is 19.1. The first kappa shape index (κ1) is 15.7. The molecule has 6 heteroatoms. The third-order valence-corrected chi connectivity index (χ3v) is 4.33. The molecule has 2 atom stereocenters. The number of ether oxygens (including phenoxy) is 1. The highest BCUT2D eigenvalue weighted by molar-refractivity contribution is 5.95. The van der Waals surface area contributed by atoms with Gasteiger partial charge in [-0.15, -0.1) is 0 Å². The fourth-order valence-corrected chi connectivity index (χ4v) is 2.87. The first-order chi connectivity index (χ1) is 11.1. The van der Waals surface area contributed by atoms with Crippen molar-refractivity contribution in [1.29, 1.82) is 0 Å². The van der Waals surface area contributed by atoms with Crippen molar-refractivity contribution >= 4 is 5.91 Å². The zero-order valence-electron chi connectivity index (χ0n) is 13.3. The molecule has 1 amide bonds. The minimum Gasteiger partial charge on any atom is -0.376 e. The van der Waals surface area contributed by atoms with E-state index in [1.807, 2.05) is 6.92 Å². The maximum absolute atomic E-state index is 13.2. The second-order valence-electron chi connectivity index (χ2n) is 5.82. The van der Waals surface area contributed by atoms with Crippen molar-refractivity contribution in [3.8, 4) is 0 Å². The highest BCUT2D eigenvalue weighted by Gasteiger charge is 2.29. The summed E-state index contributed by atoms with van der Waals surface area (Å²) in [4.78, 5) is 12.6. The summed E-state index contributed by atoms with van der Waals surface area (Å²) in [6.45, 7) is 2.53. The highest BCUT2D eigenvalue weighted by Crippen LogP contribution is 2.27. The largest absolute Gasteiger partial charge is 0.376 e. The zero-order valence-corrected chi connectivity index (χ0v) is 13.3. The average Bonchev–Trinajstić information content (AvgIpc) is 3.17. The Hall–Kier alpha value is -2.21. The summed E-state index contributed by atoms with van der Waals surface area (Å²) in [5.74, 6) is -0.491. The second-order valence-corrected chi connectivity index (χ2v) is 5.82. The van der Waals surface area contributed by atoms with Crippen LogP contribution in [0.4, 0.5) is 4.39 Å². The van der Waals surface area contributed by atoms with Gasteiger partial charge in [0.1, 0.15) is 5.82 Å². The first-order valence-corrected chi connectivity index (χ1v) is 7.73. The predicted molar refractivity (Wildman–Crippen MR) is 83.5 cm³/mol. The van der Waals surface area contributed by atoms with Gasteiger partial charge in [-0.25, -0.2) is 4.39 Å². The van der Waals surface area contributed by atoms with Gasteiger partial charge in [-0.1, -0.05) is 12.1 Å². The van der Waals surface area contributed by atoms with Gasteiger partial charge in [0.2, 0.25) is 0 Å². The predicted octanol–water partition coefficient (Wildman–Crippen LogP) is 2.52. The number of nitrogens with zero attached hydrogens (tertiary/aromatic N) is 2. The van der Waals surface area contributed by atoms with Gasteiger partial charge < -0.3 is 10.1 Å². The second kappa shape index (κ2) is 6.50. The number of carbonyl (C=O) groups excluding carboxylic acids is 1. The molecule has 2 heterocycles. The summed E-state index contributed by atoms with van der Waals surface area (Å²) in [7, 11) is 1.80. The summed E-state index contributed by atoms with van der Waals surface area (Å²) >= 11 is 0. The number of halogens is 1.